The van der Waals surface area contributed by atoms with Gasteiger partial charge in [-0.15, -0.1) is 0 Å². The number of amides is 1. The van der Waals surface area contributed by atoms with E-state index in [2.05, 4.69) is 4.72 Å². The molecule has 1 aliphatic rings. The van der Waals surface area contributed by atoms with E-state index in [1.165, 1.54) is 0 Å². The van der Waals surface area contributed by atoms with Crippen LogP contribution in [-0.4, -0.2) is 44.1 Å². The standard InChI is InChI=1S/C12H24N2O3S/c1-4-18(16,17)13-11(10(2)3)12(15)14-8-6-5-7-9-14/h10-11,13H,4-9H2,1-3H3/t11-/m0/s1. The van der Waals surface area contributed by atoms with Gasteiger partial charge < -0.3 is 4.90 Å². The molecule has 106 valence electrons. The second-order valence-electron chi connectivity index (χ2n) is 5.13. The first-order valence-electron chi connectivity index (χ1n) is 6.66. The number of likely N-dealkylation sites (tertiary alicyclic amines) is 1. The molecule has 5 nitrogen and oxygen atoms in total. The number of carbonyl (C=O) groups excluding carboxylic acids is 1. The number of nitrogens with zero attached hydrogens (tertiary/aromatic N) is 1. The first kappa shape index (κ1) is 15.4. The van der Waals surface area contributed by atoms with Crippen molar-refractivity contribution in [2.75, 3.05) is 18.8 Å². The lowest BCUT2D eigenvalue weighted by Crippen LogP contribution is -2.52. The van der Waals surface area contributed by atoms with Crippen molar-refractivity contribution in [2.45, 2.75) is 46.1 Å². The number of hydrogen-bond donors (Lipinski definition) is 1. The highest BCUT2D eigenvalue weighted by Gasteiger charge is 2.30. The van der Waals surface area contributed by atoms with Crippen LogP contribution < -0.4 is 4.72 Å². The highest BCUT2D eigenvalue weighted by Crippen LogP contribution is 2.14. The molecule has 0 spiro atoms. The molecule has 0 unspecified atom stereocenters. The van der Waals surface area contributed by atoms with E-state index in [9.17, 15) is 13.2 Å². The zero-order valence-electron chi connectivity index (χ0n) is 11.5. The minimum Gasteiger partial charge on any atom is -0.341 e. The predicted octanol–water partition coefficient (Wildman–Crippen LogP) is 0.963. The van der Waals surface area contributed by atoms with Crippen LogP contribution in [-0.2, 0) is 14.8 Å². The van der Waals surface area contributed by atoms with Crippen molar-refractivity contribution in [1.29, 1.82) is 0 Å². The Bertz CT molecular complexity index is 373. The average molecular weight is 276 g/mol. The second kappa shape index (κ2) is 6.52. The molecule has 1 aliphatic heterocycles. The number of hydrogen-bond acceptors (Lipinski definition) is 3. The quantitative estimate of drug-likeness (QED) is 0.813. The zero-order valence-corrected chi connectivity index (χ0v) is 12.3. The summed E-state index contributed by atoms with van der Waals surface area (Å²) in [4.78, 5) is 14.1. The fourth-order valence-electron chi connectivity index (χ4n) is 2.06. The van der Waals surface area contributed by atoms with Crippen LogP contribution in [0.2, 0.25) is 0 Å². The Hall–Kier alpha value is -0.620. The lowest BCUT2D eigenvalue weighted by Gasteiger charge is -2.32. The third-order valence-corrected chi connectivity index (χ3v) is 4.66. The molecule has 1 rings (SSSR count). The van der Waals surface area contributed by atoms with Gasteiger partial charge in [0, 0.05) is 13.1 Å². The van der Waals surface area contributed by atoms with Crippen molar-refractivity contribution in [1.82, 2.24) is 9.62 Å². The van der Waals surface area contributed by atoms with Crippen molar-refractivity contribution in [2.24, 2.45) is 5.92 Å². The van der Waals surface area contributed by atoms with Crippen molar-refractivity contribution in [3.63, 3.8) is 0 Å². The minimum atomic E-state index is -3.34. The molecule has 0 aromatic rings. The Morgan fingerprint density at radius 2 is 1.78 bits per heavy atom. The highest BCUT2D eigenvalue weighted by atomic mass is 32.2. The Balaban J connectivity index is 2.75. The Labute approximate surface area is 110 Å². The molecule has 18 heavy (non-hydrogen) atoms. The first-order valence-corrected chi connectivity index (χ1v) is 8.31. The molecule has 1 atom stereocenters. The van der Waals surface area contributed by atoms with Gasteiger partial charge in [-0.2, -0.15) is 0 Å². The van der Waals surface area contributed by atoms with E-state index in [1.807, 2.05) is 13.8 Å². The summed E-state index contributed by atoms with van der Waals surface area (Å²) in [5.41, 5.74) is 0. The highest BCUT2D eigenvalue weighted by molar-refractivity contribution is 7.89. The molecule has 1 heterocycles. The molecule has 1 N–H and O–H groups in total. The van der Waals surface area contributed by atoms with Crippen LogP contribution in [0.4, 0.5) is 0 Å². The Morgan fingerprint density at radius 3 is 2.22 bits per heavy atom. The zero-order chi connectivity index (χ0) is 13.8. The van der Waals surface area contributed by atoms with E-state index >= 15 is 0 Å². The molecule has 6 heteroatoms. The second-order valence-corrected chi connectivity index (χ2v) is 7.17. The summed E-state index contributed by atoms with van der Waals surface area (Å²) in [6, 6.07) is -0.631. The lowest BCUT2D eigenvalue weighted by molar-refractivity contribution is -0.134. The SMILES string of the molecule is CCS(=O)(=O)N[C@H](C(=O)N1CCCCC1)C(C)C. The van der Waals surface area contributed by atoms with Crippen LogP contribution in [0.3, 0.4) is 0 Å². The summed E-state index contributed by atoms with van der Waals surface area (Å²) in [7, 11) is -3.34. The van der Waals surface area contributed by atoms with Gasteiger partial charge in [0.25, 0.3) is 0 Å². The molecule has 1 amide bonds. The summed E-state index contributed by atoms with van der Waals surface area (Å²) < 4.78 is 25.8. The fourth-order valence-corrected chi connectivity index (χ4v) is 2.99. The van der Waals surface area contributed by atoms with Crippen molar-refractivity contribution in [3.05, 3.63) is 0 Å². The monoisotopic (exact) mass is 276 g/mol. The van der Waals surface area contributed by atoms with Gasteiger partial charge in [-0.1, -0.05) is 13.8 Å². The molecule has 0 aliphatic carbocycles. The van der Waals surface area contributed by atoms with Crippen LogP contribution >= 0.6 is 0 Å². The number of rotatable bonds is 5. The number of carbonyl (C=O) groups is 1. The van der Waals surface area contributed by atoms with E-state index in [0.29, 0.717) is 0 Å². The third kappa shape index (κ3) is 4.24. The normalized spacial score (nSPS) is 19.0. The molecular weight excluding hydrogens is 252 g/mol. The van der Waals surface area contributed by atoms with E-state index in [0.717, 1.165) is 32.4 Å². The summed E-state index contributed by atoms with van der Waals surface area (Å²) >= 11 is 0. The molecule has 1 saturated heterocycles. The minimum absolute atomic E-state index is 0.00347. The van der Waals surface area contributed by atoms with E-state index in [-0.39, 0.29) is 17.6 Å². The van der Waals surface area contributed by atoms with Gasteiger partial charge in [0.15, 0.2) is 0 Å². The predicted molar refractivity (Wildman–Crippen MR) is 71.7 cm³/mol. The Kier molecular flexibility index (Phi) is 5.59. The maximum Gasteiger partial charge on any atom is 0.241 e. The summed E-state index contributed by atoms with van der Waals surface area (Å²) in [5.74, 6) is -0.119. The molecule has 0 saturated carbocycles. The summed E-state index contributed by atoms with van der Waals surface area (Å²) in [5, 5.41) is 0. The summed E-state index contributed by atoms with van der Waals surface area (Å²) in [6.45, 7) is 6.80. The van der Waals surface area contributed by atoms with E-state index < -0.39 is 16.1 Å². The molecule has 0 radical (unpaired) electrons. The van der Waals surface area contributed by atoms with Crippen molar-refractivity contribution < 1.29 is 13.2 Å². The van der Waals surface area contributed by atoms with Crippen molar-refractivity contribution in [3.8, 4) is 0 Å². The maximum absolute atomic E-state index is 12.3. The van der Waals surface area contributed by atoms with Gasteiger partial charge in [-0.25, -0.2) is 13.1 Å². The van der Waals surface area contributed by atoms with Crippen LogP contribution in [0.15, 0.2) is 0 Å². The molecule has 0 aromatic heterocycles. The van der Waals surface area contributed by atoms with Gasteiger partial charge in [0.2, 0.25) is 15.9 Å². The fraction of sp³-hybridized carbons (Fsp3) is 0.917. The molecule has 0 aromatic carbocycles. The largest absolute Gasteiger partial charge is 0.341 e. The molecule has 1 fully saturated rings. The van der Waals surface area contributed by atoms with E-state index in [4.69, 9.17) is 0 Å². The van der Waals surface area contributed by atoms with Gasteiger partial charge in [0.05, 0.1) is 5.75 Å². The number of nitrogens with one attached hydrogen (secondary N) is 1. The van der Waals surface area contributed by atoms with Gasteiger partial charge in [-0.05, 0) is 32.1 Å². The number of sulfonamides is 1. The van der Waals surface area contributed by atoms with Crippen LogP contribution in [0, 0.1) is 5.92 Å². The molecular formula is C12H24N2O3S. The van der Waals surface area contributed by atoms with Crippen LogP contribution in [0.25, 0.3) is 0 Å². The lowest BCUT2D eigenvalue weighted by atomic mass is 10.0. The van der Waals surface area contributed by atoms with Crippen molar-refractivity contribution >= 4 is 15.9 Å². The average Bonchev–Trinajstić information content (AvgIpc) is 2.36. The van der Waals surface area contributed by atoms with E-state index in [1.54, 1.807) is 11.8 Å². The van der Waals surface area contributed by atoms with Crippen LogP contribution in [0.5, 0.6) is 0 Å². The third-order valence-electron chi connectivity index (χ3n) is 3.29. The topological polar surface area (TPSA) is 66.5 Å². The van der Waals surface area contributed by atoms with Gasteiger partial charge >= 0.3 is 0 Å². The molecule has 0 bridgehead atoms. The smallest absolute Gasteiger partial charge is 0.241 e. The van der Waals surface area contributed by atoms with Gasteiger partial charge in [-0.3, -0.25) is 4.79 Å². The maximum atomic E-state index is 12.3. The van der Waals surface area contributed by atoms with Crippen LogP contribution in [0.1, 0.15) is 40.0 Å². The van der Waals surface area contributed by atoms with Gasteiger partial charge in [0.1, 0.15) is 6.04 Å². The Morgan fingerprint density at radius 1 is 1.22 bits per heavy atom. The summed E-state index contributed by atoms with van der Waals surface area (Å²) in [6.07, 6.45) is 3.17. The first-order chi connectivity index (χ1) is 8.37. The number of piperidine rings is 1.